The van der Waals surface area contributed by atoms with E-state index in [1.807, 2.05) is 26.0 Å². The molecule has 1 amide bonds. The summed E-state index contributed by atoms with van der Waals surface area (Å²) in [6.45, 7) is 11.4. The van der Waals surface area contributed by atoms with E-state index in [9.17, 15) is 4.79 Å². The van der Waals surface area contributed by atoms with Crippen molar-refractivity contribution >= 4 is 11.6 Å². The first-order chi connectivity index (χ1) is 11.0. The van der Waals surface area contributed by atoms with E-state index in [2.05, 4.69) is 25.2 Å². The molecule has 4 nitrogen and oxygen atoms in total. The number of nitrogens with zero attached hydrogens (tertiary/aromatic N) is 2. The van der Waals surface area contributed by atoms with Gasteiger partial charge >= 0.3 is 0 Å². The van der Waals surface area contributed by atoms with Crippen LogP contribution in [0.25, 0.3) is 0 Å². The fraction of sp³-hybridized carbons (Fsp3) is 0.579. The topological polar surface area (TPSA) is 52.9 Å². The first-order valence-corrected chi connectivity index (χ1v) is 8.65. The first-order valence-electron chi connectivity index (χ1n) is 8.65. The predicted octanol–water partition coefficient (Wildman–Crippen LogP) is 3.52. The fourth-order valence-corrected chi connectivity index (χ4v) is 4.07. The number of aryl methyl sites for hydroxylation is 2. The summed E-state index contributed by atoms with van der Waals surface area (Å²) in [7, 11) is 0. The van der Waals surface area contributed by atoms with Gasteiger partial charge in [-0.15, -0.1) is 0 Å². The number of amides is 1. The van der Waals surface area contributed by atoms with Crippen molar-refractivity contribution in [3.8, 4) is 6.07 Å². The minimum absolute atomic E-state index is 0. The molecule has 1 heterocycles. The number of nitriles is 1. The van der Waals surface area contributed by atoms with Crippen LogP contribution >= 0.6 is 0 Å². The Morgan fingerprint density at radius 3 is 2.21 bits per heavy atom. The van der Waals surface area contributed by atoms with Crippen LogP contribution in [0.1, 0.15) is 49.8 Å². The van der Waals surface area contributed by atoms with E-state index >= 15 is 0 Å². The average molecular weight is 403 g/mol. The second kappa shape index (κ2) is 9.08. The number of nitrogens with one attached hydrogen (secondary N) is 1. The number of likely N-dealkylation sites (N-methyl/N-ethyl adjacent to an activating group) is 1. The van der Waals surface area contributed by atoms with Crippen molar-refractivity contribution in [1.29, 1.82) is 5.26 Å². The van der Waals surface area contributed by atoms with Crippen LogP contribution in [0.4, 0.5) is 5.69 Å². The van der Waals surface area contributed by atoms with Gasteiger partial charge in [0.15, 0.2) is 6.04 Å². The fourth-order valence-electron chi connectivity index (χ4n) is 4.07. The zero-order chi connectivity index (χ0) is 17.0. The quantitative estimate of drug-likeness (QED) is 0.765. The minimum atomic E-state index is 0. The van der Waals surface area contributed by atoms with Crippen LogP contribution in [0, 0.1) is 25.2 Å². The van der Waals surface area contributed by atoms with Crippen LogP contribution in [0.2, 0.25) is 0 Å². The summed E-state index contributed by atoms with van der Waals surface area (Å²) >= 11 is 0. The maximum Gasteiger partial charge on any atom is 0.282 e. The third-order valence-electron chi connectivity index (χ3n) is 5.35. The normalized spacial score (nSPS) is 16.8. The second-order valence-corrected chi connectivity index (χ2v) is 6.70. The summed E-state index contributed by atoms with van der Waals surface area (Å²) in [6, 6.07) is 5.85. The number of rotatable bonds is 5. The maximum atomic E-state index is 13.0. The van der Waals surface area contributed by atoms with E-state index in [-0.39, 0.29) is 44.7 Å². The summed E-state index contributed by atoms with van der Waals surface area (Å²) < 4.78 is 0.913. The van der Waals surface area contributed by atoms with E-state index in [0.717, 1.165) is 47.4 Å². The number of likely N-dealkylation sites (tertiary alicyclic amines) is 1. The molecule has 1 N–H and O–H groups in total. The van der Waals surface area contributed by atoms with E-state index in [1.165, 1.54) is 12.8 Å². The van der Waals surface area contributed by atoms with Gasteiger partial charge < -0.3 is 9.80 Å². The average Bonchev–Trinajstić information content (AvgIpc) is 3.01. The maximum absolute atomic E-state index is 13.0. The van der Waals surface area contributed by atoms with Crippen LogP contribution < -0.4 is 5.32 Å². The molecule has 0 bridgehead atoms. The number of benzene rings is 1. The Morgan fingerprint density at radius 1 is 1.25 bits per heavy atom. The number of carbonyl (C=O) groups excluding carboxylic acids is 1. The third-order valence-corrected chi connectivity index (χ3v) is 5.35. The van der Waals surface area contributed by atoms with Gasteiger partial charge in [-0.3, -0.25) is 4.79 Å². The Bertz CT molecular complexity index is 607. The molecule has 24 heavy (non-hydrogen) atoms. The van der Waals surface area contributed by atoms with Gasteiger partial charge in [0.25, 0.3) is 5.91 Å². The molecule has 5 heteroatoms. The van der Waals surface area contributed by atoms with E-state index < -0.39 is 0 Å². The summed E-state index contributed by atoms with van der Waals surface area (Å²) in [4.78, 5) is 13.0. The number of hydrogen-bond donors (Lipinski definition) is 1. The molecule has 0 aliphatic carbocycles. The molecule has 1 atom stereocenters. The van der Waals surface area contributed by atoms with Crippen molar-refractivity contribution in [3.05, 3.63) is 28.8 Å². The molecule has 2 rings (SSSR count). The van der Waals surface area contributed by atoms with Gasteiger partial charge in [0.2, 0.25) is 0 Å². The Labute approximate surface area is 171 Å². The van der Waals surface area contributed by atoms with Crippen molar-refractivity contribution in [2.24, 2.45) is 0 Å². The Morgan fingerprint density at radius 2 is 1.79 bits per heavy atom. The zero-order valence-electron chi connectivity index (χ0n) is 15.4. The smallest absolute Gasteiger partial charge is 0.282 e. The molecule has 0 spiro atoms. The zero-order valence-corrected chi connectivity index (χ0v) is 18.2. The van der Waals surface area contributed by atoms with Crippen molar-refractivity contribution in [2.75, 3.05) is 25.0 Å². The SMILES string of the molecule is CCC(C(=O)Nc1c(C)cc(C#N)cc1C)[N+]1(CC)CCCC1.[Y]. The first kappa shape index (κ1) is 21.3. The van der Waals surface area contributed by atoms with Gasteiger partial charge in [0.1, 0.15) is 0 Å². The van der Waals surface area contributed by atoms with Gasteiger partial charge in [-0.2, -0.15) is 5.26 Å². The van der Waals surface area contributed by atoms with Crippen LogP contribution in [0.5, 0.6) is 0 Å². The molecule has 1 saturated heterocycles. The molecule has 0 aromatic heterocycles. The van der Waals surface area contributed by atoms with Crippen LogP contribution in [-0.2, 0) is 37.5 Å². The van der Waals surface area contributed by atoms with Crippen LogP contribution in [-0.4, -0.2) is 36.1 Å². The minimum Gasteiger partial charge on any atom is -0.320 e. The Hall–Kier alpha value is -0.756. The largest absolute Gasteiger partial charge is 0.320 e. The van der Waals surface area contributed by atoms with Gasteiger partial charge in [-0.05, 0) is 44.0 Å². The Kier molecular flexibility index (Phi) is 8.06. The monoisotopic (exact) mass is 403 g/mol. The molecular weight excluding hydrogens is 375 g/mol. The number of hydrogen-bond acceptors (Lipinski definition) is 2. The molecule has 1 aromatic rings. The van der Waals surface area contributed by atoms with Crippen molar-refractivity contribution in [2.45, 2.75) is 53.0 Å². The van der Waals surface area contributed by atoms with Crippen LogP contribution in [0.15, 0.2) is 12.1 Å². The van der Waals surface area contributed by atoms with E-state index in [0.29, 0.717) is 5.56 Å². The molecule has 1 aromatic carbocycles. The molecule has 0 saturated carbocycles. The molecule has 1 unspecified atom stereocenters. The number of anilines is 1. The molecular formula is C19H28N3OY+. The molecule has 1 aliphatic rings. The second-order valence-electron chi connectivity index (χ2n) is 6.70. The molecule has 1 fully saturated rings. The summed E-state index contributed by atoms with van der Waals surface area (Å²) in [5, 5.41) is 12.2. The summed E-state index contributed by atoms with van der Waals surface area (Å²) in [5.41, 5.74) is 3.41. The van der Waals surface area contributed by atoms with Gasteiger partial charge in [0, 0.05) is 57.7 Å². The summed E-state index contributed by atoms with van der Waals surface area (Å²) in [6.07, 6.45) is 3.28. The summed E-state index contributed by atoms with van der Waals surface area (Å²) in [5.74, 6) is 0.118. The van der Waals surface area contributed by atoms with E-state index in [4.69, 9.17) is 5.26 Å². The van der Waals surface area contributed by atoms with Gasteiger partial charge in [0.05, 0.1) is 31.3 Å². The van der Waals surface area contributed by atoms with Crippen molar-refractivity contribution in [3.63, 3.8) is 0 Å². The third kappa shape index (κ3) is 4.25. The van der Waals surface area contributed by atoms with E-state index in [1.54, 1.807) is 0 Å². The molecule has 127 valence electrons. The van der Waals surface area contributed by atoms with Crippen molar-refractivity contribution in [1.82, 2.24) is 0 Å². The Balaban J connectivity index is 0.00000288. The van der Waals surface area contributed by atoms with Crippen LogP contribution in [0.3, 0.4) is 0 Å². The predicted molar refractivity (Wildman–Crippen MR) is 93.1 cm³/mol. The number of carbonyl (C=O) groups is 1. The van der Waals surface area contributed by atoms with Gasteiger partial charge in [-0.1, -0.05) is 6.92 Å². The standard InChI is InChI=1S/C19H27N3O.Y/c1-5-17(22(6-2)9-7-8-10-22)19(23)21-18-14(3)11-16(13-20)12-15(18)4;/h11-12,17H,5-10H2,1-4H3;/p+1. The molecule has 1 radical (unpaired) electrons. The van der Waals surface area contributed by atoms with Gasteiger partial charge in [-0.25, -0.2) is 0 Å². The molecule has 1 aliphatic heterocycles. The number of quaternary nitrogens is 1. The van der Waals surface area contributed by atoms with Crippen molar-refractivity contribution < 1.29 is 42.0 Å².